The predicted octanol–water partition coefficient (Wildman–Crippen LogP) is 4.38. The van der Waals surface area contributed by atoms with Crippen LogP contribution in [0.1, 0.15) is 44.1 Å². The molecule has 4 aliphatic carbocycles. The Morgan fingerprint density at radius 3 is 2.41 bits per heavy atom. The van der Waals surface area contributed by atoms with Crippen LogP contribution in [0.15, 0.2) is 30.3 Å². The van der Waals surface area contributed by atoms with E-state index in [1.165, 1.54) is 24.8 Å². The molecule has 4 aliphatic rings. The lowest BCUT2D eigenvalue weighted by molar-refractivity contribution is -0.154. The Morgan fingerprint density at radius 1 is 1.18 bits per heavy atom. The molecule has 0 saturated heterocycles. The second-order valence-corrected chi connectivity index (χ2v) is 9.72. The molecule has 118 valence electrons. The van der Waals surface area contributed by atoms with Crippen LogP contribution in [0.5, 0.6) is 0 Å². The lowest BCUT2D eigenvalue weighted by Gasteiger charge is -2.60. The third-order valence-electron chi connectivity index (χ3n) is 6.05. The average Bonchev–Trinajstić information content (AvgIpc) is 2.45. The predicted molar refractivity (Wildman–Crippen MR) is 91.7 cm³/mol. The summed E-state index contributed by atoms with van der Waals surface area (Å²) in [6.07, 6.45) is 7.20. The fourth-order valence-corrected chi connectivity index (χ4v) is 7.19. The van der Waals surface area contributed by atoms with Gasteiger partial charge in [0.05, 0.1) is 5.41 Å². The van der Waals surface area contributed by atoms with Gasteiger partial charge in [-0.15, -0.1) is 0 Å². The molecule has 1 amide bonds. The molecule has 3 heteroatoms. The summed E-state index contributed by atoms with van der Waals surface area (Å²) in [6.45, 7) is 0.728. The van der Waals surface area contributed by atoms with E-state index >= 15 is 0 Å². The smallest absolute Gasteiger partial charge is 0.228 e. The molecule has 0 spiro atoms. The van der Waals surface area contributed by atoms with Crippen LogP contribution in [-0.2, 0) is 11.3 Å². The van der Waals surface area contributed by atoms with Gasteiger partial charge in [0.2, 0.25) is 5.91 Å². The second kappa shape index (κ2) is 5.09. The molecule has 1 aromatic carbocycles. The maximum Gasteiger partial charge on any atom is 0.228 e. The normalized spacial score (nSPS) is 39.0. The second-order valence-electron chi connectivity index (χ2n) is 8.04. The highest BCUT2D eigenvalue weighted by Crippen LogP contribution is 2.64. The van der Waals surface area contributed by atoms with Gasteiger partial charge in [0.25, 0.3) is 0 Å². The number of carbonyl (C=O) groups excluding carboxylic acids is 1. The van der Waals surface area contributed by atoms with Gasteiger partial charge in [0.1, 0.15) is 0 Å². The Balaban J connectivity index is 1.55. The first-order chi connectivity index (χ1) is 10.5. The molecule has 22 heavy (non-hydrogen) atoms. The number of carbonyl (C=O) groups is 1. The van der Waals surface area contributed by atoms with Crippen LogP contribution in [0.3, 0.4) is 0 Å². The van der Waals surface area contributed by atoms with E-state index in [1.54, 1.807) is 0 Å². The topological polar surface area (TPSA) is 20.3 Å². The van der Waals surface area contributed by atoms with Crippen molar-refractivity contribution in [3.63, 3.8) is 0 Å². The lowest BCUT2D eigenvalue weighted by Crippen LogP contribution is -2.58. The Hall–Kier alpha value is -0.830. The van der Waals surface area contributed by atoms with Gasteiger partial charge in [0, 0.05) is 17.9 Å². The summed E-state index contributed by atoms with van der Waals surface area (Å²) < 4.78 is 0.250. The zero-order valence-corrected chi connectivity index (χ0v) is 14.8. The van der Waals surface area contributed by atoms with Gasteiger partial charge in [0.15, 0.2) is 0 Å². The molecule has 0 radical (unpaired) electrons. The summed E-state index contributed by atoms with van der Waals surface area (Å²) in [5.74, 6) is 1.90. The maximum atomic E-state index is 13.2. The van der Waals surface area contributed by atoms with Gasteiger partial charge >= 0.3 is 0 Å². The van der Waals surface area contributed by atoms with Crippen LogP contribution in [0.4, 0.5) is 0 Å². The van der Waals surface area contributed by atoms with Crippen molar-refractivity contribution in [3.05, 3.63) is 35.9 Å². The summed E-state index contributed by atoms with van der Waals surface area (Å²) >= 11 is 4.01. The van der Waals surface area contributed by atoms with Crippen LogP contribution in [-0.4, -0.2) is 22.2 Å². The van der Waals surface area contributed by atoms with E-state index in [-0.39, 0.29) is 9.74 Å². The van der Waals surface area contributed by atoms with E-state index < -0.39 is 0 Å². The lowest BCUT2D eigenvalue weighted by atomic mass is 9.49. The molecule has 4 fully saturated rings. The molecule has 2 nitrogen and oxygen atoms in total. The van der Waals surface area contributed by atoms with E-state index in [0.717, 1.165) is 37.6 Å². The number of hydrogen-bond donors (Lipinski definition) is 0. The van der Waals surface area contributed by atoms with Crippen LogP contribution < -0.4 is 0 Å². The third-order valence-corrected chi connectivity index (χ3v) is 6.98. The number of rotatable bonds is 3. The van der Waals surface area contributed by atoms with Crippen molar-refractivity contribution >= 4 is 21.8 Å². The number of amides is 1. The number of halogens is 1. The van der Waals surface area contributed by atoms with Crippen LogP contribution in [0.2, 0.25) is 0 Å². The number of nitrogens with zero attached hydrogens (tertiary/aromatic N) is 1. The largest absolute Gasteiger partial charge is 0.341 e. The van der Waals surface area contributed by atoms with Gasteiger partial charge in [-0.25, -0.2) is 0 Å². The zero-order valence-electron chi connectivity index (χ0n) is 13.2. The third kappa shape index (κ3) is 2.42. The van der Waals surface area contributed by atoms with E-state index in [4.69, 9.17) is 0 Å². The first kappa shape index (κ1) is 14.7. The van der Waals surface area contributed by atoms with Crippen LogP contribution in [0, 0.1) is 17.3 Å². The van der Waals surface area contributed by atoms with Crippen molar-refractivity contribution in [1.29, 1.82) is 0 Å². The van der Waals surface area contributed by atoms with Crippen molar-refractivity contribution in [2.75, 3.05) is 7.05 Å². The number of hydrogen-bond acceptors (Lipinski definition) is 1. The van der Waals surface area contributed by atoms with Crippen molar-refractivity contribution in [2.24, 2.45) is 17.3 Å². The highest BCUT2D eigenvalue weighted by Gasteiger charge is 2.60. The minimum atomic E-state index is -0.0862. The summed E-state index contributed by atoms with van der Waals surface area (Å²) in [5, 5.41) is 0. The minimum Gasteiger partial charge on any atom is -0.341 e. The van der Waals surface area contributed by atoms with Crippen LogP contribution in [0.25, 0.3) is 0 Å². The summed E-state index contributed by atoms with van der Waals surface area (Å²) in [4.78, 5) is 15.2. The van der Waals surface area contributed by atoms with Gasteiger partial charge in [-0.1, -0.05) is 46.3 Å². The molecule has 0 N–H and O–H groups in total. The Kier molecular flexibility index (Phi) is 3.41. The highest BCUT2D eigenvalue weighted by molar-refractivity contribution is 9.10. The molecule has 5 rings (SSSR count). The van der Waals surface area contributed by atoms with E-state index in [9.17, 15) is 4.79 Å². The van der Waals surface area contributed by atoms with E-state index in [1.807, 2.05) is 30.1 Å². The quantitative estimate of drug-likeness (QED) is 0.731. The highest BCUT2D eigenvalue weighted by atomic mass is 79.9. The number of benzene rings is 1. The average molecular weight is 362 g/mol. The molecule has 4 saturated carbocycles. The summed E-state index contributed by atoms with van der Waals surface area (Å²) in [5.41, 5.74) is 1.13. The zero-order chi connectivity index (χ0) is 15.4. The molecular formula is C19H24BrNO. The Labute approximate surface area is 141 Å². The van der Waals surface area contributed by atoms with Crippen molar-refractivity contribution in [2.45, 2.75) is 49.4 Å². The Bertz CT molecular complexity index is 570. The molecule has 0 heterocycles. The molecule has 4 bridgehead atoms. The molecule has 2 unspecified atom stereocenters. The molecule has 2 atom stereocenters. The van der Waals surface area contributed by atoms with E-state index in [0.29, 0.717) is 5.91 Å². The number of alkyl halides is 1. The fourth-order valence-electron chi connectivity index (χ4n) is 5.73. The summed E-state index contributed by atoms with van der Waals surface area (Å²) in [6, 6.07) is 10.3. The van der Waals surface area contributed by atoms with Crippen molar-refractivity contribution in [1.82, 2.24) is 4.90 Å². The first-order valence-electron chi connectivity index (χ1n) is 8.47. The van der Waals surface area contributed by atoms with Gasteiger partial charge in [-0.2, -0.15) is 0 Å². The Morgan fingerprint density at radius 2 is 1.82 bits per heavy atom. The monoisotopic (exact) mass is 361 g/mol. The maximum absolute atomic E-state index is 13.2. The van der Waals surface area contributed by atoms with Crippen LogP contribution >= 0.6 is 15.9 Å². The molecule has 1 aromatic rings. The molecule has 0 aromatic heterocycles. The van der Waals surface area contributed by atoms with Gasteiger partial charge in [-0.3, -0.25) is 4.79 Å². The fraction of sp³-hybridized carbons (Fsp3) is 0.632. The molecule has 0 aliphatic heterocycles. The van der Waals surface area contributed by atoms with Crippen molar-refractivity contribution in [3.8, 4) is 0 Å². The minimum absolute atomic E-state index is 0.0862. The molecular weight excluding hydrogens is 338 g/mol. The first-order valence-corrected chi connectivity index (χ1v) is 9.26. The standard InChI is InChI=1S/C19H24BrNO/c1-21(12-14-5-3-2-4-6-14)17(22)18-8-15-7-16(9-18)11-19(20,10-15)13-18/h2-6,15-16H,7-13H2,1H3. The van der Waals surface area contributed by atoms with Gasteiger partial charge in [-0.05, 0) is 55.9 Å². The van der Waals surface area contributed by atoms with E-state index in [2.05, 4.69) is 28.1 Å². The summed E-state index contributed by atoms with van der Waals surface area (Å²) in [7, 11) is 1.98. The SMILES string of the molecule is CN(Cc1ccccc1)C(=O)C12CC3CC(CC(Br)(C3)C1)C2. The van der Waals surface area contributed by atoms with Gasteiger partial charge < -0.3 is 4.90 Å². The van der Waals surface area contributed by atoms with Crippen molar-refractivity contribution < 1.29 is 4.79 Å².